The molecule has 27 heteroatoms. The minimum Gasteiger partial charge on any atom is -0.361 e. The molecule has 0 fully saturated rings. The molecule has 18 nitrogen and oxygen atoms in total. The van der Waals surface area contributed by atoms with Crippen LogP contribution in [0.2, 0.25) is 0 Å². The third-order valence-electron chi connectivity index (χ3n) is 17.6. The molecule has 0 aliphatic rings. The Kier molecular flexibility index (Phi) is 21.8. The van der Waals surface area contributed by atoms with E-state index in [-0.39, 0.29) is 91.8 Å². The van der Waals surface area contributed by atoms with Gasteiger partial charge in [-0.3, -0.25) is 28.8 Å². The molecule has 9 rings (SSSR count). The smallest absolute Gasteiger partial charge is 0.361 e. The van der Waals surface area contributed by atoms with Gasteiger partial charge >= 0.3 is 18.5 Å². The van der Waals surface area contributed by atoms with Crippen molar-refractivity contribution in [2.24, 2.45) is 34.4 Å². The molecular formula is C70H73F9N12O6. The number of ketones is 3. The van der Waals surface area contributed by atoms with Crippen LogP contribution in [0.5, 0.6) is 0 Å². The third-order valence-corrected chi connectivity index (χ3v) is 17.6. The number of carbonyl (C=O) groups excluding carboxylic acids is 6. The van der Waals surface area contributed by atoms with Crippen molar-refractivity contribution in [2.75, 3.05) is 35.6 Å². The Hall–Kier alpha value is -9.51. The van der Waals surface area contributed by atoms with Crippen molar-refractivity contribution >= 4 is 84.8 Å². The van der Waals surface area contributed by atoms with Gasteiger partial charge in [-0.25, -0.2) is 0 Å². The molecule has 18 N–H and O–H groups in total. The van der Waals surface area contributed by atoms with Crippen LogP contribution in [0.4, 0.5) is 56.6 Å². The summed E-state index contributed by atoms with van der Waals surface area (Å²) in [6, 6.07) is 28.8. The van der Waals surface area contributed by atoms with Crippen LogP contribution in [-0.4, -0.2) is 86.3 Å². The zero-order chi connectivity index (χ0) is 70.3. The first-order valence-corrected chi connectivity index (χ1v) is 31.2. The molecule has 3 atom stereocenters. The largest absolute Gasteiger partial charge is 0.416 e. The third kappa shape index (κ3) is 16.3. The molecule has 0 aliphatic heterocycles. The number of H-pyrrole nitrogens is 3. The number of nitrogens with two attached hydrogens (primary N) is 6. The molecule has 6 aromatic carbocycles. The number of rotatable bonds is 30. The molecular weight excluding hydrogens is 1280 g/mol. The van der Waals surface area contributed by atoms with Crippen molar-refractivity contribution in [3.8, 4) is 0 Å². The molecule has 3 aromatic heterocycles. The Balaban J connectivity index is 0.992. The highest BCUT2D eigenvalue weighted by molar-refractivity contribution is 6.18. The number of carbonyl (C=O) groups is 6. The lowest BCUT2D eigenvalue weighted by atomic mass is 9.83. The van der Waals surface area contributed by atoms with E-state index >= 15 is 0 Å². The number of hydrogen-bond donors (Lipinski definition) is 12. The molecule has 0 saturated carbocycles. The van der Waals surface area contributed by atoms with Gasteiger partial charge in [0.05, 0.1) is 16.7 Å². The predicted octanol–water partition coefficient (Wildman–Crippen LogP) is 11.1. The number of alkyl halides is 9. The van der Waals surface area contributed by atoms with Gasteiger partial charge in [0.1, 0.15) is 0 Å². The number of anilines is 3. The lowest BCUT2D eigenvalue weighted by Gasteiger charge is -2.28. The Bertz CT molecular complexity index is 3900. The minimum atomic E-state index is -4.62. The molecule has 9 aromatic rings. The van der Waals surface area contributed by atoms with Gasteiger partial charge in [0.2, 0.25) is 0 Å². The summed E-state index contributed by atoms with van der Waals surface area (Å²) in [6.07, 6.45) is -9.18. The molecule has 3 amide bonds. The summed E-state index contributed by atoms with van der Waals surface area (Å²) in [7, 11) is 0. The number of Topliss-reactive ketones (excluding diaryl/α,β-unsaturated/α-hetero) is 3. The SMILES string of the molecule is NCCCC[C@](N)(C(=O)Cc1c[nH]c2cc(C(F)(F)F)ccc12)C(=O)Nc1ccc(C(c2ccc(NC(=O)[C@](N)(CCCCN)C(=O)Cc3c[nH]c4cc(C(F)(F)F)ccc34)cc2)c2ccc(NC(=O)[C@](N)(CCCCN)C(=O)Cc3c[nH]c4cc(C(F)(F)F)ccc34)cc2)cc1. The van der Waals surface area contributed by atoms with E-state index in [1.54, 1.807) is 72.8 Å². The minimum absolute atomic E-state index is 0.124. The molecule has 97 heavy (non-hydrogen) atoms. The van der Waals surface area contributed by atoms with Crippen LogP contribution in [0, 0.1) is 0 Å². The first-order valence-electron chi connectivity index (χ1n) is 31.2. The van der Waals surface area contributed by atoms with Crippen LogP contribution in [0.3, 0.4) is 0 Å². The van der Waals surface area contributed by atoms with E-state index in [2.05, 4.69) is 30.9 Å². The summed E-state index contributed by atoms with van der Waals surface area (Å²) < 4.78 is 122. The molecule has 0 unspecified atom stereocenters. The van der Waals surface area contributed by atoms with Gasteiger partial charge < -0.3 is 65.3 Å². The van der Waals surface area contributed by atoms with E-state index in [0.717, 1.165) is 36.4 Å². The molecule has 0 saturated heterocycles. The molecule has 0 aliphatic carbocycles. The summed E-state index contributed by atoms with van der Waals surface area (Å²) >= 11 is 0. The van der Waals surface area contributed by atoms with Gasteiger partial charge in [0, 0.05) is 93.5 Å². The normalized spacial score (nSPS) is 14.1. The standard InChI is InChI=1S/C70H73F9N12O6/c71-68(72,73)46-13-22-52-43(37-86-55(52)34-46)31-58(92)65(83,25-1-4-28-80)62(95)89-49-16-7-40(8-17-49)61(41-9-18-50(19-10-41)90-63(96)66(84,26-2-5-29-81)59(93)32-44-38-87-56-35-47(69(74,75)76)14-23-53(44)56)42-11-20-51(21-12-42)91-64(97)67(85,27-3-6-30-82)60(94)33-45-39-88-57-36-48(70(77,78)79)15-24-54(45)57/h7-24,34-39,61,86-88H,1-6,25-33,80-85H2,(H,89,95)(H,90,96)(H,91,97)/t65-,66-,67-/m0/s1. The zero-order valence-corrected chi connectivity index (χ0v) is 52.4. The molecule has 0 radical (unpaired) electrons. The van der Waals surface area contributed by atoms with Crippen LogP contribution >= 0.6 is 0 Å². The number of fused-ring (bicyclic) bond motifs is 3. The second kappa shape index (κ2) is 29.5. The van der Waals surface area contributed by atoms with E-state index in [9.17, 15) is 68.3 Å². The monoisotopic (exact) mass is 1350 g/mol. The fourth-order valence-corrected chi connectivity index (χ4v) is 11.9. The highest BCUT2D eigenvalue weighted by Crippen LogP contribution is 2.38. The Labute approximate surface area is 550 Å². The van der Waals surface area contributed by atoms with Gasteiger partial charge in [0.25, 0.3) is 17.7 Å². The summed E-state index contributed by atoms with van der Waals surface area (Å²) in [5.41, 5.74) is 32.3. The Morgan fingerprint density at radius 3 is 0.835 bits per heavy atom. The fraction of sp³-hybridized carbons (Fsp3) is 0.314. The summed E-state index contributed by atoms with van der Waals surface area (Å²) in [6.45, 7) is 0.700. The zero-order valence-electron chi connectivity index (χ0n) is 52.4. The first kappa shape index (κ1) is 71.8. The van der Waals surface area contributed by atoms with Gasteiger partial charge in [-0.2, -0.15) is 39.5 Å². The molecule has 0 bridgehead atoms. The van der Waals surface area contributed by atoms with Crippen molar-refractivity contribution in [1.82, 2.24) is 15.0 Å². The maximum Gasteiger partial charge on any atom is 0.416 e. The lowest BCUT2D eigenvalue weighted by Crippen LogP contribution is -2.58. The van der Waals surface area contributed by atoms with Crippen LogP contribution < -0.4 is 50.4 Å². The number of halogens is 9. The summed E-state index contributed by atoms with van der Waals surface area (Å²) in [5, 5.41) is 9.30. The fourth-order valence-electron chi connectivity index (χ4n) is 11.9. The van der Waals surface area contributed by atoms with Crippen molar-refractivity contribution < 1.29 is 68.3 Å². The van der Waals surface area contributed by atoms with E-state index in [0.29, 0.717) is 68.8 Å². The predicted molar refractivity (Wildman–Crippen MR) is 352 cm³/mol. The summed E-state index contributed by atoms with van der Waals surface area (Å²) in [5.74, 6) is -5.38. The van der Waals surface area contributed by atoms with Gasteiger partial charge in [0.15, 0.2) is 34.0 Å². The van der Waals surface area contributed by atoms with Gasteiger partial charge in [-0.15, -0.1) is 0 Å². The van der Waals surface area contributed by atoms with Crippen LogP contribution in [0.25, 0.3) is 32.7 Å². The summed E-state index contributed by atoms with van der Waals surface area (Å²) in [4.78, 5) is 93.9. The number of benzene rings is 6. The van der Waals surface area contributed by atoms with Crippen molar-refractivity contribution in [2.45, 2.75) is 118 Å². The Morgan fingerprint density at radius 1 is 0.361 bits per heavy atom. The Morgan fingerprint density at radius 2 is 0.608 bits per heavy atom. The van der Waals surface area contributed by atoms with Gasteiger partial charge in [-0.1, -0.05) is 54.6 Å². The van der Waals surface area contributed by atoms with Crippen molar-refractivity contribution in [3.05, 3.63) is 196 Å². The van der Waals surface area contributed by atoms with E-state index < -0.39 is 112 Å². The second-order valence-electron chi connectivity index (χ2n) is 24.3. The number of aromatic nitrogens is 3. The van der Waals surface area contributed by atoms with E-state index in [4.69, 9.17) is 34.4 Å². The molecule has 512 valence electrons. The van der Waals surface area contributed by atoms with Crippen LogP contribution in [0.15, 0.2) is 146 Å². The quantitative estimate of drug-likeness (QED) is 0.00865. The molecule has 3 heterocycles. The maximum absolute atomic E-state index is 14.3. The number of hydrogen-bond acceptors (Lipinski definition) is 12. The second-order valence-corrected chi connectivity index (χ2v) is 24.3. The topological polar surface area (TPSA) is 342 Å². The van der Waals surface area contributed by atoms with E-state index in [1.807, 2.05) is 0 Å². The van der Waals surface area contributed by atoms with Gasteiger partial charge in [-0.05, 0) is 184 Å². The van der Waals surface area contributed by atoms with E-state index in [1.165, 1.54) is 36.8 Å². The number of nitrogens with one attached hydrogen (secondary N) is 6. The lowest BCUT2D eigenvalue weighted by molar-refractivity contribution is -0.138. The first-order chi connectivity index (χ1) is 45.9. The van der Waals surface area contributed by atoms with Crippen molar-refractivity contribution in [3.63, 3.8) is 0 Å². The molecule has 0 spiro atoms. The van der Waals surface area contributed by atoms with Crippen LogP contribution in [0.1, 0.15) is 114 Å². The average molecular weight is 1350 g/mol. The number of aromatic amines is 3. The number of amides is 3. The average Bonchev–Trinajstić information content (AvgIpc) is 1.61. The highest BCUT2D eigenvalue weighted by Gasteiger charge is 2.45. The van der Waals surface area contributed by atoms with Crippen molar-refractivity contribution in [1.29, 1.82) is 0 Å². The highest BCUT2D eigenvalue weighted by atomic mass is 19.4. The van der Waals surface area contributed by atoms with Crippen LogP contribution in [-0.2, 0) is 66.6 Å². The maximum atomic E-state index is 14.3. The number of unbranched alkanes of at least 4 members (excludes halogenated alkanes) is 3.